The quantitative estimate of drug-likeness (QED) is 0.489. The largest absolute Gasteiger partial charge is 0.336 e. The van der Waals surface area contributed by atoms with E-state index in [9.17, 15) is 4.79 Å². The van der Waals surface area contributed by atoms with E-state index in [2.05, 4.69) is 21.6 Å². The van der Waals surface area contributed by atoms with E-state index in [4.69, 9.17) is 5.84 Å². The van der Waals surface area contributed by atoms with Crippen molar-refractivity contribution in [1.82, 2.24) is 14.9 Å². The van der Waals surface area contributed by atoms with E-state index in [1.54, 1.807) is 0 Å². The first-order valence-electron chi connectivity index (χ1n) is 9.32. The number of nitrogens with one attached hydrogen (secondary N) is 1. The van der Waals surface area contributed by atoms with Gasteiger partial charge in [0.2, 0.25) is 11.1 Å². The maximum absolute atomic E-state index is 13.2. The first-order chi connectivity index (χ1) is 13.5. The molecule has 1 fully saturated rings. The van der Waals surface area contributed by atoms with E-state index in [0.29, 0.717) is 11.1 Å². The minimum atomic E-state index is -0.486. The third-order valence-corrected chi connectivity index (χ3v) is 5.90. The lowest BCUT2D eigenvalue weighted by molar-refractivity contribution is -0.115. The predicted molar refractivity (Wildman–Crippen MR) is 112 cm³/mol. The number of anilines is 1. The van der Waals surface area contributed by atoms with Gasteiger partial charge in [0, 0.05) is 11.6 Å². The van der Waals surface area contributed by atoms with Crippen molar-refractivity contribution in [3.8, 4) is 0 Å². The van der Waals surface area contributed by atoms with Gasteiger partial charge in [-0.25, -0.2) is 4.68 Å². The number of aryl methyl sites for hydroxylation is 2. The van der Waals surface area contributed by atoms with Crippen molar-refractivity contribution in [2.75, 3.05) is 11.2 Å². The first-order valence-corrected chi connectivity index (χ1v) is 10.2. The molecule has 3 N–H and O–H groups in total. The van der Waals surface area contributed by atoms with Crippen LogP contribution in [-0.2, 0) is 4.79 Å². The van der Waals surface area contributed by atoms with Crippen molar-refractivity contribution in [2.45, 2.75) is 43.0 Å². The molecule has 0 aliphatic heterocycles. The molecule has 1 aliphatic carbocycles. The normalized spacial score (nSPS) is 14.6. The monoisotopic (exact) mass is 393 g/mol. The highest BCUT2D eigenvalue weighted by molar-refractivity contribution is 8.00. The molecule has 1 aliphatic rings. The molecule has 6 nitrogen and oxygen atoms in total. The molecular weight excluding hydrogens is 370 g/mol. The van der Waals surface area contributed by atoms with Crippen molar-refractivity contribution in [3.05, 3.63) is 71.0 Å². The standard InChI is InChI=1S/C21H23N5OS/c1-13-10-14(2)12-17(11-13)23-20(27)18(15-6-4-3-5-7-15)28-21-25-24-19(26(21)22)16-8-9-16/h3-7,10-12,16,18H,8-9,22H2,1-2H3,(H,23,27)/t18-/m0/s1. The van der Waals surface area contributed by atoms with Crippen molar-refractivity contribution >= 4 is 23.4 Å². The third kappa shape index (κ3) is 4.04. The Bertz CT molecular complexity index is 977. The number of nitrogens with zero attached hydrogens (tertiary/aromatic N) is 3. The molecule has 0 radical (unpaired) electrons. The number of nitrogens with two attached hydrogens (primary N) is 1. The van der Waals surface area contributed by atoms with E-state index < -0.39 is 5.25 Å². The number of thioether (sulfide) groups is 1. The smallest absolute Gasteiger partial charge is 0.242 e. The van der Waals surface area contributed by atoms with Gasteiger partial charge in [-0.05, 0) is 55.5 Å². The molecule has 4 rings (SSSR count). The van der Waals surface area contributed by atoms with Crippen molar-refractivity contribution < 1.29 is 4.79 Å². The highest BCUT2D eigenvalue weighted by Crippen LogP contribution is 2.41. The minimum Gasteiger partial charge on any atom is -0.336 e. The Labute approximate surface area is 168 Å². The SMILES string of the molecule is Cc1cc(C)cc(NC(=O)[C@@H](Sc2nnc(C3CC3)n2N)c2ccccc2)c1. The second-order valence-electron chi connectivity index (χ2n) is 7.26. The third-order valence-electron chi connectivity index (χ3n) is 4.69. The number of carbonyl (C=O) groups excluding carboxylic acids is 1. The molecule has 2 aromatic carbocycles. The van der Waals surface area contributed by atoms with E-state index in [1.165, 1.54) is 16.4 Å². The minimum absolute atomic E-state index is 0.114. The average molecular weight is 394 g/mol. The van der Waals surface area contributed by atoms with Gasteiger partial charge >= 0.3 is 0 Å². The van der Waals surface area contributed by atoms with Crippen LogP contribution in [-0.4, -0.2) is 20.8 Å². The molecule has 1 atom stereocenters. The molecule has 28 heavy (non-hydrogen) atoms. The molecule has 0 bridgehead atoms. The molecule has 3 aromatic rings. The number of amides is 1. The van der Waals surface area contributed by atoms with Crippen molar-refractivity contribution in [3.63, 3.8) is 0 Å². The van der Waals surface area contributed by atoms with Crippen LogP contribution in [0.3, 0.4) is 0 Å². The molecule has 144 valence electrons. The van der Waals surface area contributed by atoms with E-state index in [1.807, 2.05) is 56.3 Å². The van der Waals surface area contributed by atoms with Crippen LogP contribution in [0.2, 0.25) is 0 Å². The molecule has 0 unspecified atom stereocenters. The van der Waals surface area contributed by atoms with E-state index in [-0.39, 0.29) is 5.91 Å². The highest BCUT2D eigenvalue weighted by Gasteiger charge is 2.31. The average Bonchev–Trinajstić information content (AvgIpc) is 3.43. The van der Waals surface area contributed by atoms with Crippen LogP contribution in [0.15, 0.2) is 53.7 Å². The van der Waals surface area contributed by atoms with Gasteiger partial charge in [-0.3, -0.25) is 4.79 Å². The zero-order valence-corrected chi connectivity index (χ0v) is 16.7. The number of rotatable bonds is 6. The maximum atomic E-state index is 13.2. The fourth-order valence-electron chi connectivity index (χ4n) is 3.25. The summed E-state index contributed by atoms with van der Waals surface area (Å²) in [6, 6.07) is 15.7. The zero-order valence-electron chi connectivity index (χ0n) is 15.9. The van der Waals surface area contributed by atoms with Crippen LogP contribution in [0.1, 0.15) is 46.5 Å². The lowest BCUT2D eigenvalue weighted by Crippen LogP contribution is -2.21. The summed E-state index contributed by atoms with van der Waals surface area (Å²) < 4.78 is 1.53. The van der Waals surface area contributed by atoms with Gasteiger partial charge < -0.3 is 11.2 Å². The highest BCUT2D eigenvalue weighted by atomic mass is 32.2. The number of benzene rings is 2. The Balaban J connectivity index is 1.61. The second-order valence-corrected chi connectivity index (χ2v) is 8.33. The summed E-state index contributed by atoms with van der Waals surface area (Å²) in [6.45, 7) is 4.03. The molecule has 1 amide bonds. The summed E-state index contributed by atoms with van der Waals surface area (Å²) in [5, 5.41) is 11.6. The number of nitrogen functional groups attached to an aromatic ring is 1. The van der Waals surface area contributed by atoms with Crippen LogP contribution < -0.4 is 11.2 Å². The summed E-state index contributed by atoms with van der Waals surface area (Å²) in [6.07, 6.45) is 2.19. The van der Waals surface area contributed by atoms with Crippen LogP contribution in [0, 0.1) is 13.8 Å². The Morgan fingerprint density at radius 1 is 1.14 bits per heavy atom. The lowest BCUT2D eigenvalue weighted by Gasteiger charge is -2.17. The zero-order chi connectivity index (χ0) is 19.7. The molecule has 1 saturated carbocycles. The van der Waals surface area contributed by atoms with Crippen LogP contribution in [0.5, 0.6) is 0 Å². The van der Waals surface area contributed by atoms with Gasteiger partial charge in [-0.15, -0.1) is 10.2 Å². The molecule has 0 saturated heterocycles. The number of hydrogen-bond acceptors (Lipinski definition) is 5. The number of carbonyl (C=O) groups is 1. The summed E-state index contributed by atoms with van der Waals surface area (Å²) in [4.78, 5) is 13.2. The Morgan fingerprint density at radius 3 is 2.46 bits per heavy atom. The van der Waals surface area contributed by atoms with Gasteiger partial charge in [0.15, 0.2) is 5.82 Å². The van der Waals surface area contributed by atoms with Gasteiger partial charge in [0.1, 0.15) is 5.25 Å². The summed E-state index contributed by atoms with van der Waals surface area (Å²) in [5.41, 5.74) is 3.90. The second kappa shape index (κ2) is 7.67. The topological polar surface area (TPSA) is 85.8 Å². The summed E-state index contributed by atoms with van der Waals surface area (Å²) >= 11 is 1.32. The first kappa shape index (κ1) is 18.6. The fraction of sp³-hybridized carbons (Fsp3) is 0.286. The van der Waals surface area contributed by atoms with E-state index >= 15 is 0 Å². The Kier molecular flexibility index (Phi) is 5.09. The lowest BCUT2D eigenvalue weighted by atomic mass is 10.1. The molecular formula is C21H23N5OS. The fourth-order valence-corrected chi connectivity index (χ4v) is 4.21. The maximum Gasteiger partial charge on any atom is 0.242 e. The Hall–Kier alpha value is -2.80. The molecule has 7 heteroatoms. The summed E-state index contributed by atoms with van der Waals surface area (Å²) in [7, 11) is 0. The van der Waals surface area contributed by atoms with Gasteiger partial charge in [-0.1, -0.05) is 48.2 Å². The van der Waals surface area contributed by atoms with Gasteiger partial charge in [0.25, 0.3) is 0 Å². The number of aromatic nitrogens is 3. The predicted octanol–water partition coefficient (Wildman–Crippen LogP) is 3.96. The molecule has 1 heterocycles. The molecule has 1 aromatic heterocycles. The van der Waals surface area contributed by atoms with Crippen LogP contribution in [0.25, 0.3) is 0 Å². The van der Waals surface area contributed by atoms with Gasteiger partial charge in [-0.2, -0.15) is 0 Å². The van der Waals surface area contributed by atoms with Crippen molar-refractivity contribution in [2.24, 2.45) is 0 Å². The van der Waals surface area contributed by atoms with Crippen molar-refractivity contribution in [1.29, 1.82) is 0 Å². The van der Waals surface area contributed by atoms with Crippen LogP contribution >= 0.6 is 11.8 Å². The number of hydrogen-bond donors (Lipinski definition) is 2. The molecule has 0 spiro atoms. The summed E-state index contributed by atoms with van der Waals surface area (Å²) in [5.74, 6) is 7.28. The Morgan fingerprint density at radius 2 is 1.82 bits per heavy atom. The van der Waals surface area contributed by atoms with E-state index in [0.717, 1.165) is 41.0 Å². The van der Waals surface area contributed by atoms with Gasteiger partial charge in [0.05, 0.1) is 0 Å². The van der Waals surface area contributed by atoms with Crippen LogP contribution in [0.4, 0.5) is 5.69 Å².